The van der Waals surface area contributed by atoms with E-state index in [0.717, 1.165) is 17.7 Å². The summed E-state index contributed by atoms with van der Waals surface area (Å²) in [5.41, 5.74) is 1.08. The number of rotatable bonds is 4. The van der Waals surface area contributed by atoms with Crippen molar-refractivity contribution in [2.75, 3.05) is 0 Å². The summed E-state index contributed by atoms with van der Waals surface area (Å²) in [5.74, 6) is -2.39. The second kappa shape index (κ2) is 5.69. The van der Waals surface area contributed by atoms with E-state index in [9.17, 15) is 13.6 Å². The molecule has 20 heavy (non-hydrogen) atoms. The molecule has 0 aliphatic carbocycles. The van der Waals surface area contributed by atoms with Crippen molar-refractivity contribution in [2.24, 2.45) is 0 Å². The van der Waals surface area contributed by atoms with Crippen molar-refractivity contribution in [3.05, 3.63) is 64.7 Å². The van der Waals surface area contributed by atoms with Gasteiger partial charge in [-0.3, -0.25) is 0 Å². The fourth-order valence-electron chi connectivity index (χ4n) is 1.72. The molecule has 0 aromatic heterocycles. The SMILES string of the molecule is Cc1ccc(F)cc1COc1ccc(C(=O)O)c(F)c1. The zero-order valence-electron chi connectivity index (χ0n) is 10.7. The van der Waals surface area contributed by atoms with Crippen molar-refractivity contribution < 1.29 is 23.4 Å². The van der Waals surface area contributed by atoms with E-state index < -0.39 is 17.3 Å². The average Bonchev–Trinajstić information content (AvgIpc) is 2.39. The summed E-state index contributed by atoms with van der Waals surface area (Å²) in [6.07, 6.45) is 0. The number of carboxylic acid groups (broad SMARTS) is 1. The van der Waals surface area contributed by atoms with E-state index >= 15 is 0 Å². The van der Waals surface area contributed by atoms with Gasteiger partial charge < -0.3 is 9.84 Å². The van der Waals surface area contributed by atoms with Crippen molar-refractivity contribution >= 4 is 5.97 Å². The highest BCUT2D eigenvalue weighted by Crippen LogP contribution is 2.19. The normalized spacial score (nSPS) is 10.3. The first-order chi connectivity index (χ1) is 9.47. The van der Waals surface area contributed by atoms with Gasteiger partial charge in [-0.05, 0) is 42.3 Å². The molecule has 0 saturated carbocycles. The van der Waals surface area contributed by atoms with Crippen molar-refractivity contribution in [1.29, 1.82) is 0 Å². The Kier molecular flexibility index (Phi) is 3.98. The molecule has 104 valence electrons. The molecule has 0 spiro atoms. The van der Waals surface area contributed by atoms with Crippen LogP contribution in [0.15, 0.2) is 36.4 Å². The molecule has 0 aliphatic rings. The summed E-state index contributed by atoms with van der Waals surface area (Å²) < 4.78 is 31.9. The molecule has 0 fully saturated rings. The Morgan fingerprint density at radius 1 is 1.20 bits per heavy atom. The molecule has 0 bridgehead atoms. The molecule has 2 rings (SSSR count). The summed E-state index contributed by atoms with van der Waals surface area (Å²) in [6, 6.07) is 7.81. The number of halogens is 2. The highest BCUT2D eigenvalue weighted by molar-refractivity contribution is 5.88. The summed E-state index contributed by atoms with van der Waals surface area (Å²) in [6.45, 7) is 1.89. The van der Waals surface area contributed by atoms with Crippen molar-refractivity contribution in [3.63, 3.8) is 0 Å². The van der Waals surface area contributed by atoms with E-state index in [1.165, 1.54) is 18.2 Å². The van der Waals surface area contributed by atoms with Gasteiger partial charge in [-0.1, -0.05) is 6.07 Å². The van der Waals surface area contributed by atoms with Crippen LogP contribution >= 0.6 is 0 Å². The molecule has 0 heterocycles. The lowest BCUT2D eigenvalue weighted by Gasteiger charge is -2.09. The third-order valence-corrected chi connectivity index (χ3v) is 2.88. The number of benzene rings is 2. The quantitative estimate of drug-likeness (QED) is 0.930. The van der Waals surface area contributed by atoms with Gasteiger partial charge in [-0.15, -0.1) is 0 Å². The second-order valence-corrected chi connectivity index (χ2v) is 4.31. The molecule has 0 aliphatic heterocycles. The summed E-state index contributed by atoms with van der Waals surface area (Å²) in [5, 5.41) is 8.71. The molecule has 0 radical (unpaired) electrons. The zero-order chi connectivity index (χ0) is 14.7. The number of aryl methyl sites for hydroxylation is 1. The van der Waals surface area contributed by atoms with E-state index in [2.05, 4.69) is 0 Å². The smallest absolute Gasteiger partial charge is 0.338 e. The van der Waals surface area contributed by atoms with E-state index in [4.69, 9.17) is 9.84 Å². The lowest BCUT2D eigenvalue weighted by molar-refractivity contribution is 0.0692. The molecule has 0 amide bonds. The molecule has 0 saturated heterocycles. The van der Waals surface area contributed by atoms with Crippen LogP contribution < -0.4 is 4.74 Å². The Hall–Kier alpha value is -2.43. The first-order valence-electron chi connectivity index (χ1n) is 5.88. The number of carbonyl (C=O) groups is 1. The number of carboxylic acids is 1. The van der Waals surface area contributed by atoms with Crippen LogP contribution in [0.2, 0.25) is 0 Å². The summed E-state index contributed by atoms with van der Waals surface area (Å²) in [7, 11) is 0. The van der Waals surface area contributed by atoms with Crippen molar-refractivity contribution in [3.8, 4) is 5.75 Å². The van der Waals surface area contributed by atoms with Gasteiger partial charge in [-0.2, -0.15) is 0 Å². The fourth-order valence-corrected chi connectivity index (χ4v) is 1.72. The van der Waals surface area contributed by atoms with Crippen LogP contribution in [0.25, 0.3) is 0 Å². The van der Waals surface area contributed by atoms with Gasteiger partial charge in [-0.25, -0.2) is 13.6 Å². The van der Waals surface area contributed by atoms with Gasteiger partial charge in [0.2, 0.25) is 0 Å². The molecule has 0 atom stereocenters. The van der Waals surface area contributed by atoms with E-state index in [1.807, 2.05) is 6.92 Å². The van der Waals surface area contributed by atoms with Gasteiger partial charge in [0, 0.05) is 6.07 Å². The Balaban J connectivity index is 2.13. The maximum Gasteiger partial charge on any atom is 0.338 e. The topological polar surface area (TPSA) is 46.5 Å². The van der Waals surface area contributed by atoms with Crippen molar-refractivity contribution in [2.45, 2.75) is 13.5 Å². The van der Waals surface area contributed by atoms with Crippen LogP contribution in [0, 0.1) is 18.6 Å². The predicted molar refractivity (Wildman–Crippen MR) is 68.8 cm³/mol. The van der Waals surface area contributed by atoms with Crippen LogP contribution in [-0.2, 0) is 6.61 Å². The predicted octanol–water partition coefficient (Wildman–Crippen LogP) is 3.55. The third kappa shape index (κ3) is 3.12. The molecule has 2 aromatic rings. The second-order valence-electron chi connectivity index (χ2n) is 4.31. The molecule has 2 aromatic carbocycles. The first-order valence-corrected chi connectivity index (χ1v) is 5.88. The molecular weight excluding hydrogens is 266 g/mol. The summed E-state index contributed by atoms with van der Waals surface area (Å²) in [4.78, 5) is 10.7. The molecule has 5 heteroatoms. The Morgan fingerprint density at radius 3 is 2.60 bits per heavy atom. The maximum atomic E-state index is 13.4. The van der Waals surface area contributed by atoms with Crippen molar-refractivity contribution in [1.82, 2.24) is 0 Å². The minimum Gasteiger partial charge on any atom is -0.489 e. The lowest BCUT2D eigenvalue weighted by atomic mass is 10.1. The molecule has 3 nitrogen and oxygen atoms in total. The first kappa shape index (κ1) is 14.0. The molecule has 0 unspecified atom stereocenters. The Morgan fingerprint density at radius 2 is 1.95 bits per heavy atom. The van der Waals surface area contributed by atoms with Gasteiger partial charge in [0.25, 0.3) is 0 Å². The molecular formula is C15H12F2O3. The van der Waals surface area contributed by atoms with Crippen LogP contribution in [0.1, 0.15) is 21.5 Å². The van der Waals surface area contributed by atoms with Gasteiger partial charge in [0.05, 0.1) is 5.56 Å². The van der Waals surface area contributed by atoms with Gasteiger partial charge in [0.15, 0.2) is 0 Å². The standard InChI is InChI=1S/C15H12F2O3/c1-9-2-3-11(16)6-10(9)8-20-12-4-5-13(15(18)19)14(17)7-12/h2-7H,8H2,1H3,(H,18,19). The monoisotopic (exact) mass is 278 g/mol. The van der Waals surface area contributed by atoms with E-state index in [1.54, 1.807) is 6.07 Å². The highest BCUT2D eigenvalue weighted by Gasteiger charge is 2.11. The molecule has 1 N–H and O–H groups in total. The zero-order valence-corrected chi connectivity index (χ0v) is 10.7. The Bertz CT molecular complexity index is 654. The third-order valence-electron chi connectivity index (χ3n) is 2.88. The van der Waals surface area contributed by atoms with Crippen LogP contribution in [0.5, 0.6) is 5.75 Å². The lowest BCUT2D eigenvalue weighted by Crippen LogP contribution is -2.02. The number of hydrogen-bond donors (Lipinski definition) is 1. The number of ether oxygens (including phenoxy) is 1. The van der Waals surface area contributed by atoms with Crippen LogP contribution in [-0.4, -0.2) is 11.1 Å². The average molecular weight is 278 g/mol. The van der Waals surface area contributed by atoms with E-state index in [0.29, 0.717) is 5.56 Å². The number of hydrogen-bond acceptors (Lipinski definition) is 2. The summed E-state index contributed by atoms with van der Waals surface area (Å²) >= 11 is 0. The Labute approximate surface area is 114 Å². The van der Waals surface area contributed by atoms with Crippen LogP contribution in [0.3, 0.4) is 0 Å². The highest BCUT2D eigenvalue weighted by atomic mass is 19.1. The largest absolute Gasteiger partial charge is 0.489 e. The minimum absolute atomic E-state index is 0.0788. The minimum atomic E-state index is -1.34. The van der Waals surface area contributed by atoms with Gasteiger partial charge in [0.1, 0.15) is 24.0 Å². The van der Waals surface area contributed by atoms with E-state index in [-0.39, 0.29) is 18.2 Å². The van der Waals surface area contributed by atoms with Crippen LogP contribution in [0.4, 0.5) is 8.78 Å². The fraction of sp³-hybridized carbons (Fsp3) is 0.133. The maximum absolute atomic E-state index is 13.4. The van der Waals surface area contributed by atoms with Gasteiger partial charge >= 0.3 is 5.97 Å². The number of aromatic carboxylic acids is 1.